The van der Waals surface area contributed by atoms with Crippen molar-refractivity contribution >= 4 is 5.91 Å². The molecule has 0 radical (unpaired) electrons. The summed E-state index contributed by atoms with van der Waals surface area (Å²) in [5.74, 6) is -4.93. The lowest BCUT2D eigenvalue weighted by atomic mass is 9.77. The molecule has 238 valence electrons. The summed E-state index contributed by atoms with van der Waals surface area (Å²) in [6.07, 6.45) is -16.1. The molecule has 0 bridgehead atoms. The van der Waals surface area contributed by atoms with Crippen LogP contribution < -0.4 is 14.8 Å². The van der Waals surface area contributed by atoms with E-state index >= 15 is 0 Å². The monoisotopic (exact) mass is 647 g/mol. The highest BCUT2D eigenvalue weighted by Crippen LogP contribution is 2.39. The summed E-state index contributed by atoms with van der Waals surface area (Å²) in [6, 6.07) is 14.5. The van der Waals surface area contributed by atoms with Crippen molar-refractivity contribution in [3.05, 3.63) is 125 Å². The van der Waals surface area contributed by atoms with Crippen LogP contribution >= 0.6 is 0 Å². The highest BCUT2D eigenvalue weighted by molar-refractivity contribution is 5.95. The first-order valence-corrected chi connectivity index (χ1v) is 12.5. The minimum absolute atomic E-state index is 0.176. The molecule has 0 aliphatic carbocycles. The van der Waals surface area contributed by atoms with Gasteiger partial charge in [0, 0.05) is 12.0 Å². The summed E-state index contributed by atoms with van der Waals surface area (Å²) < 4.78 is 141. The van der Waals surface area contributed by atoms with Gasteiger partial charge in [0.1, 0.15) is 23.1 Å². The molecule has 15 heteroatoms. The zero-order chi connectivity index (χ0) is 33.2. The lowest BCUT2D eigenvalue weighted by Crippen LogP contribution is -2.48. The number of benzene rings is 4. The summed E-state index contributed by atoms with van der Waals surface area (Å²) in [5.41, 5.74) is -5.00. The Hall–Kier alpha value is -4.95. The molecule has 0 unspecified atom stereocenters. The van der Waals surface area contributed by atoms with Crippen LogP contribution in [0.2, 0.25) is 0 Å². The average molecular weight is 647 g/mol. The van der Waals surface area contributed by atoms with Crippen LogP contribution in [-0.4, -0.2) is 23.7 Å². The molecule has 5 nitrogen and oxygen atoms in total. The van der Waals surface area contributed by atoms with E-state index in [4.69, 9.17) is 0 Å². The SMILES string of the molecule is O=C(NC(Cc1cccc(O)c1)(c1cccc(OC(F)(F)F)c1)c1cccc(OC(F)(F)F)c1)c1ccc(F)c(C(F)(F)F)c1. The minimum atomic E-state index is -5.22. The second-order valence-corrected chi connectivity index (χ2v) is 9.55. The van der Waals surface area contributed by atoms with Crippen LogP contribution in [0.15, 0.2) is 91.0 Å². The van der Waals surface area contributed by atoms with E-state index in [2.05, 4.69) is 14.8 Å². The third-order valence-corrected chi connectivity index (χ3v) is 6.36. The summed E-state index contributed by atoms with van der Waals surface area (Å²) in [7, 11) is 0. The molecule has 0 aromatic heterocycles. The van der Waals surface area contributed by atoms with Crippen LogP contribution in [0, 0.1) is 5.82 Å². The maximum Gasteiger partial charge on any atom is 0.573 e. The Bertz CT molecular complexity index is 1620. The predicted octanol–water partition coefficient (Wildman–Crippen LogP) is 8.26. The van der Waals surface area contributed by atoms with Gasteiger partial charge in [-0.3, -0.25) is 4.79 Å². The van der Waals surface area contributed by atoms with E-state index in [1.165, 1.54) is 36.4 Å². The van der Waals surface area contributed by atoms with Crippen molar-refractivity contribution in [3.63, 3.8) is 0 Å². The molecule has 0 atom stereocenters. The van der Waals surface area contributed by atoms with Crippen LogP contribution in [0.25, 0.3) is 0 Å². The van der Waals surface area contributed by atoms with Gasteiger partial charge in [-0.05, 0) is 71.3 Å². The van der Waals surface area contributed by atoms with Crippen molar-refractivity contribution in [2.75, 3.05) is 0 Å². The zero-order valence-corrected chi connectivity index (χ0v) is 22.3. The number of hydrogen-bond donors (Lipinski definition) is 2. The van der Waals surface area contributed by atoms with Crippen LogP contribution in [0.4, 0.5) is 43.9 Å². The smallest absolute Gasteiger partial charge is 0.508 e. The first-order valence-electron chi connectivity index (χ1n) is 12.5. The maximum absolute atomic E-state index is 14.0. The van der Waals surface area contributed by atoms with Gasteiger partial charge in [-0.25, -0.2) is 4.39 Å². The molecule has 0 aliphatic heterocycles. The Kier molecular flexibility index (Phi) is 8.94. The maximum atomic E-state index is 14.0. The standard InChI is InChI=1S/C30H19F10NO4/c31-25-11-10-18(13-24(25)28(32,33)34)26(43)41-27(16-17-4-1-7-21(42)12-17,19-5-2-8-22(14-19)44-29(35,36)37)20-6-3-9-23(15-20)45-30(38,39)40/h1-15,42H,16H2,(H,41,43). The third-order valence-electron chi connectivity index (χ3n) is 6.36. The van der Waals surface area contributed by atoms with E-state index in [0.29, 0.717) is 12.1 Å². The fourth-order valence-electron chi connectivity index (χ4n) is 4.60. The minimum Gasteiger partial charge on any atom is -0.508 e. The van der Waals surface area contributed by atoms with Crippen molar-refractivity contribution in [3.8, 4) is 17.2 Å². The molecule has 0 fully saturated rings. The van der Waals surface area contributed by atoms with Gasteiger partial charge in [0.2, 0.25) is 0 Å². The number of ether oxygens (including phenoxy) is 2. The van der Waals surface area contributed by atoms with E-state index in [1.807, 2.05) is 0 Å². The molecule has 0 heterocycles. The van der Waals surface area contributed by atoms with Gasteiger partial charge in [-0.15, -0.1) is 26.3 Å². The normalized spacial score (nSPS) is 12.5. The van der Waals surface area contributed by atoms with Gasteiger partial charge in [-0.2, -0.15) is 13.2 Å². The van der Waals surface area contributed by atoms with Crippen LogP contribution in [0.1, 0.15) is 32.6 Å². The molecule has 4 aromatic carbocycles. The molecule has 45 heavy (non-hydrogen) atoms. The number of aromatic hydroxyl groups is 1. The summed E-state index contributed by atoms with van der Waals surface area (Å²) in [4.78, 5) is 13.6. The number of hydrogen-bond acceptors (Lipinski definition) is 4. The van der Waals surface area contributed by atoms with Crippen molar-refractivity contribution in [2.24, 2.45) is 0 Å². The van der Waals surface area contributed by atoms with Crippen LogP contribution in [0.3, 0.4) is 0 Å². The predicted molar refractivity (Wildman–Crippen MR) is 138 cm³/mol. The van der Waals surface area contributed by atoms with Crippen molar-refractivity contribution in [1.29, 1.82) is 0 Å². The highest BCUT2D eigenvalue weighted by Gasteiger charge is 2.40. The van der Waals surface area contributed by atoms with Crippen molar-refractivity contribution in [1.82, 2.24) is 5.32 Å². The highest BCUT2D eigenvalue weighted by atomic mass is 19.4. The molecular formula is C30H19F10NO4. The Morgan fingerprint density at radius 1 is 0.689 bits per heavy atom. The first kappa shape index (κ1) is 33.0. The fourth-order valence-corrected chi connectivity index (χ4v) is 4.60. The quantitative estimate of drug-likeness (QED) is 0.189. The number of phenolic OH excluding ortho intramolecular Hbond substituents is 1. The summed E-state index contributed by atoms with van der Waals surface area (Å²) >= 11 is 0. The Labute approximate surface area is 247 Å². The number of carbonyl (C=O) groups excluding carboxylic acids is 1. The Balaban J connectivity index is 1.98. The number of rotatable bonds is 8. The van der Waals surface area contributed by atoms with Crippen LogP contribution in [0.5, 0.6) is 17.2 Å². The van der Waals surface area contributed by atoms with E-state index < -0.39 is 65.2 Å². The first-order chi connectivity index (χ1) is 20.8. The number of amides is 1. The van der Waals surface area contributed by atoms with E-state index in [9.17, 15) is 53.8 Å². The number of carbonyl (C=O) groups is 1. The summed E-state index contributed by atoms with van der Waals surface area (Å²) in [6.45, 7) is 0. The van der Waals surface area contributed by atoms with E-state index in [1.54, 1.807) is 0 Å². The molecule has 1 amide bonds. The molecule has 0 saturated heterocycles. The van der Waals surface area contributed by atoms with Gasteiger partial charge in [0.25, 0.3) is 5.91 Å². The average Bonchev–Trinajstić information content (AvgIpc) is 2.90. The Morgan fingerprint density at radius 3 is 1.71 bits per heavy atom. The molecule has 0 spiro atoms. The lowest BCUT2D eigenvalue weighted by Gasteiger charge is -2.37. The van der Waals surface area contributed by atoms with Gasteiger partial charge < -0.3 is 19.9 Å². The number of nitrogens with one attached hydrogen (secondary N) is 1. The van der Waals surface area contributed by atoms with Crippen LogP contribution in [-0.2, 0) is 18.1 Å². The summed E-state index contributed by atoms with van der Waals surface area (Å²) in [5, 5.41) is 12.5. The van der Waals surface area contributed by atoms with Gasteiger partial charge in [-0.1, -0.05) is 36.4 Å². The zero-order valence-electron chi connectivity index (χ0n) is 22.3. The largest absolute Gasteiger partial charge is 0.573 e. The van der Waals surface area contributed by atoms with Crippen molar-refractivity contribution < 1.29 is 63.3 Å². The number of alkyl halides is 9. The molecule has 4 rings (SSSR count). The Morgan fingerprint density at radius 2 is 1.22 bits per heavy atom. The molecule has 0 aliphatic rings. The molecule has 0 saturated carbocycles. The van der Waals surface area contributed by atoms with Crippen molar-refractivity contribution in [2.45, 2.75) is 30.9 Å². The van der Waals surface area contributed by atoms with E-state index in [0.717, 1.165) is 36.4 Å². The van der Waals surface area contributed by atoms with E-state index in [-0.39, 0.29) is 28.5 Å². The third kappa shape index (κ3) is 8.37. The molecular weight excluding hydrogens is 628 g/mol. The molecule has 4 aromatic rings. The second-order valence-electron chi connectivity index (χ2n) is 9.55. The second kappa shape index (κ2) is 12.2. The fraction of sp³-hybridized carbons (Fsp3) is 0.167. The topological polar surface area (TPSA) is 67.8 Å². The van der Waals surface area contributed by atoms with Gasteiger partial charge in [0.05, 0.1) is 11.1 Å². The number of halogens is 10. The lowest BCUT2D eigenvalue weighted by molar-refractivity contribution is -0.275. The van der Waals surface area contributed by atoms with Gasteiger partial charge >= 0.3 is 18.9 Å². The number of phenols is 1. The molecule has 2 N–H and O–H groups in total. The van der Waals surface area contributed by atoms with Gasteiger partial charge in [0.15, 0.2) is 0 Å².